The maximum Gasteiger partial charge on any atom is 0.220 e. The van der Waals surface area contributed by atoms with Gasteiger partial charge in [0.1, 0.15) is 0 Å². The van der Waals surface area contributed by atoms with Gasteiger partial charge in [-0.3, -0.25) is 5.01 Å². The van der Waals surface area contributed by atoms with Gasteiger partial charge in [-0.25, -0.2) is 9.98 Å². The van der Waals surface area contributed by atoms with E-state index in [2.05, 4.69) is 46.9 Å². The molecule has 0 saturated heterocycles. The molecule has 2 saturated carbocycles. The molecule has 1 aromatic rings. The Kier molecular flexibility index (Phi) is 5.84. The van der Waals surface area contributed by atoms with Gasteiger partial charge in [-0.05, 0) is 50.0 Å². The number of nitrogens with one attached hydrogen (secondary N) is 1. The van der Waals surface area contributed by atoms with Crippen molar-refractivity contribution in [2.45, 2.75) is 76.0 Å². The summed E-state index contributed by atoms with van der Waals surface area (Å²) in [4.78, 5) is 9.79. The molecule has 3 N–H and O–H groups in total. The predicted molar refractivity (Wildman–Crippen MR) is 123 cm³/mol. The van der Waals surface area contributed by atoms with Gasteiger partial charge in [0.2, 0.25) is 5.96 Å². The number of fused-ring (bicyclic) bond motifs is 1. The number of aliphatic imine (C=N–C) groups is 2. The molecule has 2 heterocycles. The van der Waals surface area contributed by atoms with E-state index < -0.39 is 0 Å². The van der Waals surface area contributed by atoms with Gasteiger partial charge in [0.15, 0.2) is 6.17 Å². The van der Waals surface area contributed by atoms with Gasteiger partial charge in [-0.1, -0.05) is 49.6 Å². The number of nitrogens with zero attached hydrogens (tertiary/aromatic N) is 4. The van der Waals surface area contributed by atoms with E-state index in [4.69, 9.17) is 20.8 Å². The smallest absolute Gasteiger partial charge is 0.220 e. The number of rotatable bonds is 4. The van der Waals surface area contributed by atoms with Gasteiger partial charge < -0.3 is 11.1 Å². The summed E-state index contributed by atoms with van der Waals surface area (Å²) in [6, 6.07) is 11.4. The maximum atomic E-state index is 6.13. The summed E-state index contributed by atoms with van der Waals surface area (Å²) >= 11 is 0. The molecule has 1 aromatic carbocycles. The molecule has 2 atom stereocenters. The van der Waals surface area contributed by atoms with Gasteiger partial charge in [0.25, 0.3) is 0 Å². The topological polar surface area (TPSA) is 78.4 Å². The highest BCUT2D eigenvalue weighted by Gasteiger charge is 2.40. The normalized spacial score (nSPS) is 31.8. The molecule has 160 valence electrons. The molecule has 0 bridgehead atoms. The van der Waals surface area contributed by atoms with Crippen LogP contribution in [0.1, 0.15) is 63.4 Å². The van der Waals surface area contributed by atoms with Crippen molar-refractivity contribution in [2.24, 2.45) is 32.7 Å². The number of nitrogens with two attached hydrogens (primary N) is 1. The van der Waals surface area contributed by atoms with Crippen molar-refractivity contribution in [1.82, 2.24) is 10.3 Å². The van der Waals surface area contributed by atoms with E-state index in [1.165, 1.54) is 50.5 Å². The van der Waals surface area contributed by atoms with Crippen molar-refractivity contribution in [1.29, 1.82) is 0 Å². The number of hydrazone groups is 1. The van der Waals surface area contributed by atoms with E-state index in [1.807, 2.05) is 0 Å². The Balaban J connectivity index is 1.35. The van der Waals surface area contributed by atoms with Crippen molar-refractivity contribution >= 4 is 17.9 Å². The van der Waals surface area contributed by atoms with E-state index in [9.17, 15) is 0 Å². The van der Waals surface area contributed by atoms with Crippen LogP contribution in [-0.4, -0.2) is 47.7 Å². The van der Waals surface area contributed by atoms with E-state index in [1.54, 1.807) is 0 Å². The van der Waals surface area contributed by atoms with Crippen molar-refractivity contribution in [3.05, 3.63) is 35.9 Å². The number of guanidine groups is 1. The summed E-state index contributed by atoms with van der Waals surface area (Å²) in [6.07, 6.45) is 13.1. The molecule has 2 aliphatic carbocycles. The van der Waals surface area contributed by atoms with Crippen molar-refractivity contribution in [3.8, 4) is 0 Å². The molecule has 5 rings (SSSR count). The average Bonchev–Trinajstić information content (AvgIpc) is 3.14. The fourth-order valence-corrected chi connectivity index (χ4v) is 5.34. The van der Waals surface area contributed by atoms with Crippen LogP contribution in [0.4, 0.5) is 0 Å². The Morgan fingerprint density at radius 1 is 0.967 bits per heavy atom. The van der Waals surface area contributed by atoms with Crippen LogP contribution < -0.4 is 11.1 Å². The van der Waals surface area contributed by atoms with Crippen LogP contribution in [0.15, 0.2) is 45.4 Å². The second kappa shape index (κ2) is 8.88. The Hall–Kier alpha value is -2.21. The summed E-state index contributed by atoms with van der Waals surface area (Å²) in [5.41, 5.74) is 8.39. The summed E-state index contributed by atoms with van der Waals surface area (Å²) in [6.45, 7) is 0.957. The number of benzene rings is 1. The lowest BCUT2D eigenvalue weighted by atomic mass is 9.86. The molecule has 6 heteroatoms. The first-order valence-corrected chi connectivity index (χ1v) is 11.8. The van der Waals surface area contributed by atoms with Gasteiger partial charge >= 0.3 is 0 Å². The lowest BCUT2D eigenvalue weighted by molar-refractivity contribution is 0.162. The fraction of sp³-hybridized carbons (Fsp3) is 0.625. The van der Waals surface area contributed by atoms with Crippen LogP contribution in [0.5, 0.6) is 0 Å². The van der Waals surface area contributed by atoms with Crippen LogP contribution in [-0.2, 0) is 0 Å². The third-order valence-corrected chi connectivity index (χ3v) is 7.14. The zero-order chi connectivity index (χ0) is 20.3. The highest BCUT2D eigenvalue weighted by atomic mass is 15.5. The number of hydrogen-bond acceptors (Lipinski definition) is 6. The summed E-state index contributed by atoms with van der Waals surface area (Å²) in [5.74, 6) is 1.56. The molecule has 2 fully saturated rings. The minimum atomic E-state index is 0.0133. The molecule has 0 spiro atoms. The van der Waals surface area contributed by atoms with E-state index >= 15 is 0 Å². The van der Waals surface area contributed by atoms with Gasteiger partial charge in [-0.2, -0.15) is 5.10 Å². The lowest BCUT2D eigenvalue weighted by Gasteiger charge is -2.32. The molecule has 30 heavy (non-hydrogen) atoms. The molecule has 4 aliphatic rings. The zero-order valence-electron chi connectivity index (χ0n) is 17.8. The van der Waals surface area contributed by atoms with Crippen LogP contribution in [0, 0.1) is 11.8 Å². The highest BCUT2D eigenvalue weighted by molar-refractivity contribution is 6.13. The van der Waals surface area contributed by atoms with Crippen molar-refractivity contribution in [2.75, 3.05) is 6.54 Å². The van der Waals surface area contributed by atoms with E-state index in [-0.39, 0.29) is 12.1 Å². The first kappa shape index (κ1) is 19.7. The quantitative estimate of drug-likeness (QED) is 0.803. The third kappa shape index (κ3) is 4.29. The summed E-state index contributed by atoms with van der Waals surface area (Å²) in [7, 11) is 0. The Labute approximate surface area is 179 Å². The SMILES string of the molecule is NC1CCC(CN2N=C(c3ccccc3)C3C=NC(NC4CCCCC4)=NC32)CC1. The van der Waals surface area contributed by atoms with Crippen LogP contribution in [0.2, 0.25) is 0 Å². The van der Waals surface area contributed by atoms with E-state index in [0.717, 1.165) is 31.1 Å². The van der Waals surface area contributed by atoms with Gasteiger partial charge in [-0.15, -0.1) is 0 Å². The molecule has 0 aromatic heterocycles. The number of hydrogen-bond donors (Lipinski definition) is 2. The minimum Gasteiger partial charge on any atom is -0.352 e. The first-order chi connectivity index (χ1) is 14.8. The maximum absolute atomic E-state index is 6.13. The Morgan fingerprint density at radius 2 is 1.73 bits per heavy atom. The predicted octanol–water partition coefficient (Wildman–Crippen LogP) is 3.53. The van der Waals surface area contributed by atoms with Crippen molar-refractivity contribution in [3.63, 3.8) is 0 Å². The second-order valence-electron chi connectivity index (χ2n) is 9.40. The summed E-state index contributed by atoms with van der Waals surface area (Å²) in [5, 5.41) is 10.9. The molecular formula is C24H34N6. The van der Waals surface area contributed by atoms with Gasteiger partial charge in [0, 0.05) is 24.8 Å². The molecular weight excluding hydrogens is 372 g/mol. The Bertz CT molecular complexity index is 802. The lowest BCUT2D eigenvalue weighted by Crippen LogP contribution is -2.43. The highest BCUT2D eigenvalue weighted by Crippen LogP contribution is 2.32. The molecule has 0 radical (unpaired) electrons. The third-order valence-electron chi connectivity index (χ3n) is 7.14. The van der Waals surface area contributed by atoms with Crippen LogP contribution in [0.3, 0.4) is 0 Å². The fourth-order valence-electron chi connectivity index (χ4n) is 5.34. The van der Waals surface area contributed by atoms with Crippen LogP contribution in [0.25, 0.3) is 0 Å². The first-order valence-electron chi connectivity index (χ1n) is 11.8. The molecule has 2 unspecified atom stereocenters. The molecule has 6 nitrogen and oxygen atoms in total. The minimum absolute atomic E-state index is 0.0133. The zero-order valence-corrected chi connectivity index (χ0v) is 17.8. The average molecular weight is 407 g/mol. The summed E-state index contributed by atoms with van der Waals surface area (Å²) < 4.78 is 0. The molecule has 2 aliphatic heterocycles. The second-order valence-corrected chi connectivity index (χ2v) is 9.40. The standard InChI is InChI=1S/C24H34N6/c25-19-13-11-17(12-14-19)16-30-23-21(22(29-30)18-7-3-1-4-8-18)15-26-24(28-23)27-20-9-5-2-6-10-20/h1,3-4,7-8,15,17,19-21,23H,2,5-6,9-14,16,25H2,(H,27,28). The Morgan fingerprint density at radius 3 is 2.50 bits per heavy atom. The largest absolute Gasteiger partial charge is 0.352 e. The van der Waals surface area contributed by atoms with Crippen molar-refractivity contribution < 1.29 is 0 Å². The van der Waals surface area contributed by atoms with Gasteiger partial charge in [0.05, 0.1) is 11.6 Å². The van der Waals surface area contributed by atoms with E-state index in [0.29, 0.717) is 18.0 Å². The van der Waals surface area contributed by atoms with Crippen LogP contribution >= 0.6 is 0 Å². The monoisotopic (exact) mass is 406 g/mol. The molecule has 0 amide bonds.